The van der Waals surface area contributed by atoms with Gasteiger partial charge in [-0.05, 0) is 54.5 Å². The summed E-state index contributed by atoms with van der Waals surface area (Å²) in [6.45, 7) is 1.03. The summed E-state index contributed by atoms with van der Waals surface area (Å²) in [7, 11) is 0. The average Bonchev–Trinajstić information content (AvgIpc) is 2.95. The van der Waals surface area contributed by atoms with Crippen molar-refractivity contribution in [2.45, 2.75) is 62.1 Å². The number of carbonyl (C=O) groups excluding carboxylic acids is 3. The fourth-order valence-corrected chi connectivity index (χ4v) is 4.65. The lowest BCUT2D eigenvalue weighted by Gasteiger charge is -2.42. The van der Waals surface area contributed by atoms with Gasteiger partial charge >= 0.3 is 29.8 Å². The summed E-state index contributed by atoms with van der Waals surface area (Å²) in [6.07, 6.45) is -4.77. The van der Waals surface area contributed by atoms with Gasteiger partial charge in [-0.15, -0.1) is 0 Å². The van der Waals surface area contributed by atoms with E-state index in [2.05, 4.69) is 0 Å². The Hall–Kier alpha value is -5.61. The highest BCUT2D eigenvalue weighted by Gasteiger charge is 2.54. The first-order valence-electron chi connectivity index (χ1n) is 13.8. The van der Waals surface area contributed by atoms with Gasteiger partial charge in [0.1, 0.15) is 12.2 Å². The number of esters is 3. The summed E-state index contributed by atoms with van der Waals surface area (Å²) in [6, 6.07) is 7.19. The molecule has 8 N–H and O–H groups in total. The number of ether oxygens (including phenoxy) is 3. The number of hydrogen-bond acceptors (Lipinski definition) is 14. The molecule has 0 aliphatic heterocycles. The zero-order chi connectivity index (χ0) is 35.1. The molecule has 252 valence electrons. The van der Waals surface area contributed by atoms with Crippen LogP contribution in [0.25, 0.3) is 12.2 Å². The van der Waals surface area contributed by atoms with Crippen molar-refractivity contribution in [3.63, 3.8) is 0 Å². The van der Waals surface area contributed by atoms with Crippen molar-refractivity contribution in [2.24, 2.45) is 0 Å². The van der Waals surface area contributed by atoms with E-state index in [1.165, 1.54) is 18.2 Å². The third-order valence-electron chi connectivity index (χ3n) is 6.89. The summed E-state index contributed by atoms with van der Waals surface area (Å²) in [4.78, 5) is 61.5. The highest BCUT2D eigenvalue weighted by atomic mass is 16.6. The molecule has 1 aliphatic rings. The summed E-state index contributed by atoms with van der Waals surface area (Å²) in [5.41, 5.74) is -4.33. The molecule has 2 aromatic carbocycles. The van der Waals surface area contributed by atoms with E-state index in [0.717, 1.165) is 49.4 Å². The molecule has 1 aliphatic carbocycles. The number of phenols is 4. The lowest BCUT2D eigenvalue weighted by molar-refractivity contribution is -0.213. The van der Waals surface area contributed by atoms with Crippen molar-refractivity contribution in [1.29, 1.82) is 0 Å². The quantitative estimate of drug-likeness (QED) is 0.0687. The Labute approximate surface area is 266 Å². The molecule has 47 heavy (non-hydrogen) atoms. The van der Waals surface area contributed by atoms with E-state index in [1.54, 1.807) is 0 Å². The molecule has 5 atom stereocenters. The molecule has 16 nitrogen and oxygen atoms in total. The monoisotopic (exact) mass is 660 g/mol. The number of aliphatic hydroxyl groups is 2. The van der Waals surface area contributed by atoms with Crippen LogP contribution >= 0.6 is 0 Å². The van der Waals surface area contributed by atoms with Crippen LogP contribution in [0.5, 0.6) is 23.0 Å². The van der Waals surface area contributed by atoms with Crippen molar-refractivity contribution >= 4 is 42.0 Å². The van der Waals surface area contributed by atoms with E-state index in [1.807, 2.05) is 0 Å². The van der Waals surface area contributed by atoms with Gasteiger partial charge in [0.2, 0.25) is 0 Å². The highest BCUT2D eigenvalue weighted by molar-refractivity contribution is 5.88. The maximum absolute atomic E-state index is 12.9. The Bertz CT molecular complexity index is 1590. The summed E-state index contributed by atoms with van der Waals surface area (Å²) in [5.74, 6) is -8.63. The molecule has 1 fully saturated rings. The Morgan fingerprint density at radius 1 is 0.766 bits per heavy atom. The number of phenolic OH excluding ortho intramolecular Hbond substituents is 4. The molecule has 0 heterocycles. The van der Waals surface area contributed by atoms with Crippen molar-refractivity contribution in [3.05, 3.63) is 59.7 Å². The van der Waals surface area contributed by atoms with Crippen LogP contribution in [-0.4, -0.2) is 100 Å². The van der Waals surface area contributed by atoms with E-state index in [4.69, 9.17) is 19.3 Å². The van der Waals surface area contributed by atoms with Gasteiger partial charge in [0.05, 0.1) is 18.4 Å². The third-order valence-corrected chi connectivity index (χ3v) is 6.89. The number of carboxylic acid groups (broad SMARTS) is 2. The van der Waals surface area contributed by atoms with Crippen molar-refractivity contribution < 1.29 is 79.0 Å². The summed E-state index contributed by atoms with van der Waals surface area (Å²) >= 11 is 0. The molecule has 0 spiro atoms. The van der Waals surface area contributed by atoms with E-state index < -0.39 is 108 Å². The molecular formula is C31H32O16. The van der Waals surface area contributed by atoms with Crippen LogP contribution < -0.4 is 0 Å². The lowest BCUT2D eigenvalue weighted by atomic mass is 9.79. The maximum Gasteiger partial charge on any atom is 0.335 e. The minimum Gasteiger partial charge on any atom is -0.504 e. The van der Waals surface area contributed by atoms with Gasteiger partial charge in [-0.2, -0.15) is 0 Å². The SMILES string of the molecule is CC(O)(CC(=O)O)CC(=O)OC1C[C@@](O)(C(=O)O)CC(OC(=O)/C=C/c2ccc(O)c(O)c2)C1OC(=O)/C=C/c1ccc(O)c(O)c1. The van der Waals surface area contributed by atoms with Crippen LogP contribution in [0, 0.1) is 0 Å². The zero-order valence-electron chi connectivity index (χ0n) is 24.7. The zero-order valence-corrected chi connectivity index (χ0v) is 24.7. The van der Waals surface area contributed by atoms with Crippen molar-refractivity contribution in [1.82, 2.24) is 0 Å². The second kappa shape index (κ2) is 14.7. The van der Waals surface area contributed by atoms with Crippen LogP contribution in [0.3, 0.4) is 0 Å². The van der Waals surface area contributed by atoms with E-state index in [0.29, 0.717) is 0 Å². The molecule has 0 saturated heterocycles. The molecule has 1 saturated carbocycles. The number of hydrogen-bond donors (Lipinski definition) is 8. The number of carbonyl (C=O) groups is 5. The van der Waals surface area contributed by atoms with Gasteiger partial charge in [0.25, 0.3) is 0 Å². The van der Waals surface area contributed by atoms with Crippen LogP contribution in [0.4, 0.5) is 0 Å². The molecule has 2 aromatic rings. The van der Waals surface area contributed by atoms with Gasteiger partial charge in [0.15, 0.2) is 34.7 Å². The average molecular weight is 661 g/mol. The molecule has 16 heteroatoms. The molecular weight excluding hydrogens is 628 g/mol. The topological polar surface area (TPSA) is 275 Å². The number of carboxylic acids is 2. The molecule has 0 aromatic heterocycles. The highest BCUT2D eigenvalue weighted by Crippen LogP contribution is 2.36. The normalized spacial score (nSPS) is 22.3. The van der Waals surface area contributed by atoms with Gasteiger partial charge in [-0.25, -0.2) is 14.4 Å². The molecule has 0 bridgehead atoms. The van der Waals surface area contributed by atoms with Crippen molar-refractivity contribution in [2.75, 3.05) is 0 Å². The van der Waals surface area contributed by atoms with Gasteiger partial charge in [-0.3, -0.25) is 9.59 Å². The largest absolute Gasteiger partial charge is 0.504 e. The van der Waals surface area contributed by atoms with Gasteiger partial charge < -0.3 is 55.1 Å². The molecule has 0 radical (unpaired) electrons. The number of aliphatic carboxylic acids is 2. The summed E-state index contributed by atoms with van der Waals surface area (Å²) < 4.78 is 16.0. The van der Waals surface area contributed by atoms with Crippen LogP contribution in [0.2, 0.25) is 0 Å². The van der Waals surface area contributed by atoms with E-state index >= 15 is 0 Å². The molecule has 4 unspecified atom stereocenters. The van der Waals surface area contributed by atoms with E-state index in [-0.39, 0.29) is 11.1 Å². The first-order valence-corrected chi connectivity index (χ1v) is 13.8. The predicted molar refractivity (Wildman–Crippen MR) is 157 cm³/mol. The first kappa shape index (κ1) is 35.9. The minimum absolute atomic E-state index is 0.233. The standard InChI is InChI=1S/C31H32O16/c1-30(43,14-24(36)37)15-27(40)46-23-13-31(44,29(41)42)12-22(45-25(38)8-4-16-2-6-18(32)20(34)10-16)28(23)47-26(39)9-5-17-3-7-19(33)21(35)11-17/h2-11,22-23,28,32-35,43-44H,12-15H2,1H3,(H,36,37)(H,41,42)/b8-4+,9-5+/t22?,23?,28?,30?,31-/m1/s1. The molecule has 0 amide bonds. The Morgan fingerprint density at radius 2 is 1.23 bits per heavy atom. The second-order valence-electron chi connectivity index (χ2n) is 11.1. The van der Waals surface area contributed by atoms with Crippen LogP contribution in [-0.2, 0) is 38.2 Å². The second-order valence-corrected chi connectivity index (χ2v) is 11.1. The number of rotatable bonds is 12. The van der Waals surface area contributed by atoms with Crippen LogP contribution in [0.1, 0.15) is 43.7 Å². The fraction of sp³-hybridized carbons (Fsp3) is 0.323. The van der Waals surface area contributed by atoms with E-state index in [9.17, 15) is 59.7 Å². The van der Waals surface area contributed by atoms with Crippen LogP contribution in [0.15, 0.2) is 48.6 Å². The third kappa shape index (κ3) is 10.2. The summed E-state index contributed by atoms with van der Waals surface area (Å²) in [5, 5.41) is 78.2. The minimum atomic E-state index is -2.69. The lowest BCUT2D eigenvalue weighted by Crippen LogP contribution is -2.59. The first-order chi connectivity index (χ1) is 21.9. The smallest absolute Gasteiger partial charge is 0.335 e. The van der Waals surface area contributed by atoms with Gasteiger partial charge in [0, 0.05) is 25.0 Å². The van der Waals surface area contributed by atoms with Gasteiger partial charge in [-0.1, -0.05) is 12.1 Å². The Morgan fingerprint density at radius 3 is 1.68 bits per heavy atom. The predicted octanol–water partition coefficient (Wildman–Crippen LogP) is 1.20. The maximum atomic E-state index is 12.9. The fourth-order valence-electron chi connectivity index (χ4n) is 4.65. The Balaban J connectivity index is 1.92. The van der Waals surface area contributed by atoms with Crippen molar-refractivity contribution in [3.8, 4) is 23.0 Å². The molecule has 3 rings (SSSR count). The number of benzene rings is 2. The number of aromatic hydroxyl groups is 4. The Kier molecular flexibility index (Phi) is 11.2.